The van der Waals surface area contributed by atoms with Crippen LogP contribution in [0, 0.1) is 6.92 Å². The minimum Gasteiger partial charge on any atom is -0.424 e. The van der Waals surface area contributed by atoms with Crippen molar-refractivity contribution in [1.82, 2.24) is 20.5 Å². The number of carbonyl (C=O) groups is 2. The number of thiazole rings is 1. The summed E-state index contributed by atoms with van der Waals surface area (Å²) in [4.78, 5) is 28.7. The first-order chi connectivity index (χ1) is 11.6. The van der Waals surface area contributed by atoms with Crippen LogP contribution in [0.5, 0.6) is 0 Å². The van der Waals surface area contributed by atoms with Gasteiger partial charge in [-0.3, -0.25) is 14.9 Å². The Kier molecular flexibility index (Phi) is 4.96. The topological polar surface area (TPSA) is 110 Å². The van der Waals surface area contributed by atoms with Gasteiger partial charge in [0.05, 0.1) is 23.5 Å². The molecule has 0 aliphatic carbocycles. The highest BCUT2D eigenvalue weighted by atomic mass is 32.1. The van der Waals surface area contributed by atoms with Gasteiger partial charge in [-0.1, -0.05) is 6.07 Å². The number of anilines is 1. The number of hydrogen-bond acceptors (Lipinski definition) is 8. The maximum absolute atomic E-state index is 11.9. The highest BCUT2D eigenvalue weighted by Crippen LogP contribution is 2.18. The first kappa shape index (κ1) is 16.3. The van der Waals surface area contributed by atoms with E-state index in [0.717, 1.165) is 0 Å². The van der Waals surface area contributed by atoms with Crippen LogP contribution in [0.25, 0.3) is 0 Å². The van der Waals surface area contributed by atoms with Crippen LogP contribution in [-0.2, 0) is 17.8 Å². The average molecular weight is 363 g/mol. The number of amides is 2. The van der Waals surface area contributed by atoms with Crippen molar-refractivity contribution in [2.75, 3.05) is 5.32 Å². The van der Waals surface area contributed by atoms with Crippen molar-refractivity contribution in [3.05, 3.63) is 45.2 Å². The molecule has 2 amide bonds. The lowest BCUT2D eigenvalue weighted by Crippen LogP contribution is -2.24. The van der Waals surface area contributed by atoms with Gasteiger partial charge in [-0.05, 0) is 11.4 Å². The van der Waals surface area contributed by atoms with E-state index in [9.17, 15) is 9.59 Å². The summed E-state index contributed by atoms with van der Waals surface area (Å²) in [6.45, 7) is 1.85. The largest absolute Gasteiger partial charge is 0.424 e. The summed E-state index contributed by atoms with van der Waals surface area (Å²) in [7, 11) is 0. The third kappa shape index (κ3) is 4.24. The molecule has 24 heavy (non-hydrogen) atoms. The van der Waals surface area contributed by atoms with Gasteiger partial charge < -0.3 is 9.73 Å². The van der Waals surface area contributed by atoms with Crippen molar-refractivity contribution < 1.29 is 14.0 Å². The summed E-state index contributed by atoms with van der Waals surface area (Å²) >= 11 is 2.63. The molecule has 3 aromatic rings. The van der Waals surface area contributed by atoms with Crippen LogP contribution < -0.4 is 10.6 Å². The molecule has 3 rings (SSSR count). The van der Waals surface area contributed by atoms with E-state index in [0.29, 0.717) is 27.5 Å². The van der Waals surface area contributed by atoms with Crippen LogP contribution >= 0.6 is 22.7 Å². The fraction of sp³-hybridized carbons (Fsp3) is 0.214. The Morgan fingerprint density at radius 3 is 2.88 bits per heavy atom. The number of nitrogens with zero attached hydrogens (tertiary/aromatic N) is 3. The molecule has 0 radical (unpaired) electrons. The molecule has 2 N–H and O–H groups in total. The number of aromatic nitrogens is 3. The van der Waals surface area contributed by atoms with Gasteiger partial charge in [-0.25, -0.2) is 4.98 Å². The maximum atomic E-state index is 11.9. The predicted molar refractivity (Wildman–Crippen MR) is 89.0 cm³/mol. The zero-order valence-corrected chi connectivity index (χ0v) is 14.2. The van der Waals surface area contributed by atoms with Gasteiger partial charge in [0.25, 0.3) is 5.91 Å². The number of thiophene rings is 1. The number of rotatable bonds is 6. The van der Waals surface area contributed by atoms with E-state index in [1.807, 2.05) is 11.4 Å². The number of aryl methyl sites for hydroxylation is 1. The van der Waals surface area contributed by atoms with Gasteiger partial charge in [0.2, 0.25) is 17.7 Å². The van der Waals surface area contributed by atoms with Gasteiger partial charge >= 0.3 is 0 Å². The summed E-state index contributed by atoms with van der Waals surface area (Å²) in [6.07, 6.45) is 0.110. The molecule has 124 valence electrons. The highest BCUT2D eigenvalue weighted by molar-refractivity contribution is 7.14. The van der Waals surface area contributed by atoms with Crippen molar-refractivity contribution in [2.24, 2.45) is 0 Å². The molecule has 3 heterocycles. The SMILES string of the molecule is Cc1nnc(CNC(=O)Cc2csc(NC(=O)c3cccs3)n2)o1. The molecule has 8 nitrogen and oxygen atoms in total. The van der Waals surface area contributed by atoms with Crippen molar-refractivity contribution in [3.8, 4) is 0 Å². The quantitative estimate of drug-likeness (QED) is 0.693. The lowest BCUT2D eigenvalue weighted by molar-refractivity contribution is -0.120. The maximum Gasteiger partial charge on any atom is 0.267 e. The summed E-state index contributed by atoms with van der Waals surface area (Å²) in [5.74, 6) is 0.377. The molecule has 0 fully saturated rings. The highest BCUT2D eigenvalue weighted by Gasteiger charge is 2.12. The molecule has 10 heteroatoms. The normalized spacial score (nSPS) is 10.5. The second-order valence-corrected chi connectivity index (χ2v) is 6.55. The summed E-state index contributed by atoms with van der Waals surface area (Å²) < 4.78 is 5.17. The number of nitrogens with one attached hydrogen (secondary N) is 2. The third-order valence-corrected chi connectivity index (χ3v) is 4.54. The van der Waals surface area contributed by atoms with E-state index < -0.39 is 0 Å². The fourth-order valence-corrected chi connectivity index (χ4v) is 3.15. The van der Waals surface area contributed by atoms with Crippen molar-refractivity contribution in [3.63, 3.8) is 0 Å². The van der Waals surface area contributed by atoms with Crippen LogP contribution in [-0.4, -0.2) is 27.0 Å². The van der Waals surface area contributed by atoms with Gasteiger partial charge in [0.1, 0.15) is 0 Å². The van der Waals surface area contributed by atoms with E-state index >= 15 is 0 Å². The molecule has 0 aliphatic heterocycles. The summed E-state index contributed by atoms with van der Waals surface area (Å²) in [5.41, 5.74) is 0.584. The molecule has 0 saturated carbocycles. The Balaban J connectivity index is 1.50. The van der Waals surface area contributed by atoms with Crippen molar-refractivity contribution in [1.29, 1.82) is 0 Å². The van der Waals surface area contributed by atoms with Crippen LogP contribution in [0.1, 0.15) is 27.1 Å². The second-order valence-electron chi connectivity index (χ2n) is 4.74. The minimum atomic E-state index is -0.215. The van der Waals surface area contributed by atoms with Crippen LogP contribution in [0.4, 0.5) is 5.13 Å². The zero-order valence-electron chi connectivity index (χ0n) is 12.6. The first-order valence-electron chi connectivity index (χ1n) is 6.95. The van der Waals surface area contributed by atoms with Crippen LogP contribution in [0.15, 0.2) is 27.3 Å². The molecule has 3 aromatic heterocycles. The second kappa shape index (κ2) is 7.32. The molecular formula is C14H13N5O3S2. The van der Waals surface area contributed by atoms with Gasteiger partial charge in [0.15, 0.2) is 5.13 Å². The van der Waals surface area contributed by atoms with E-state index in [4.69, 9.17) is 4.42 Å². The number of hydrogen-bond donors (Lipinski definition) is 2. The Hall–Kier alpha value is -2.59. The van der Waals surface area contributed by atoms with E-state index in [-0.39, 0.29) is 24.8 Å². The first-order valence-corrected chi connectivity index (χ1v) is 8.71. The standard InChI is InChI=1S/C14H13N5O3S2/c1-8-18-19-12(22-8)6-15-11(20)5-9-7-24-14(16-9)17-13(21)10-3-2-4-23-10/h2-4,7H,5-6H2,1H3,(H,15,20)(H,16,17,21). The summed E-state index contributed by atoms with van der Waals surface area (Å²) in [6, 6.07) is 3.54. The zero-order chi connectivity index (χ0) is 16.9. The van der Waals surface area contributed by atoms with Crippen molar-refractivity contribution in [2.45, 2.75) is 19.9 Å². The fourth-order valence-electron chi connectivity index (χ4n) is 1.82. The Bertz CT molecular complexity index is 840. The third-order valence-electron chi connectivity index (χ3n) is 2.86. The van der Waals surface area contributed by atoms with Gasteiger partial charge in [-0.2, -0.15) is 0 Å². The molecule has 0 spiro atoms. The lowest BCUT2D eigenvalue weighted by atomic mass is 10.3. The minimum absolute atomic E-state index is 0.110. The van der Waals surface area contributed by atoms with Crippen LogP contribution in [0.3, 0.4) is 0 Å². The van der Waals surface area contributed by atoms with Crippen molar-refractivity contribution >= 4 is 39.6 Å². The number of carbonyl (C=O) groups excluding carboxylic acids is 2. The van der Waals surface area contributed by atoms with E-state index in [1.165, 1.54) is 22.7 Å². The average Bonchev–Trinajstić information content (AvgIpc) is 3.27. The Labute approximate surface area is 144 Å². The molecule has 0 unspecified atom stereocenters. The van der Waals surface area contributed by atoms with Gasteiger partial charge in [0, 0.05) is 12.3 Å². The van der Waals surface area contributed by atoms with E-state index in [1.54, 1.807) is 18.4 Å². The van der Waals surface area contributed by atoms with Gasteiger partial charge in [-0.15, -0.1) is 32.9 Å². The van der Waals surface area contributed by atoms with Crippen LogP contribution in [0.2, 0.25) is 0 Å². The molecule has 0 saturated heterocycles. The molecule has 0 aromatic carbocycles. The Morgan fingerprint density at radius 1 is 1.29 bits per heavy atom. The monoisotopic (exact) mass is 363 g/mol. The molecular weight excluding hydrogens is 350 g/mol. The van der Waals surface area contributed by atoms with E-state index in [2.05, 4.69) is 25.8 Å². The molecule has 0 aliphatic rings. The smallest absolute Gasteiger partial charge is 0.267 e. The summed E-state index contributed by atoms with van der Waals surface area (Å²) in [5, 5.41) is 16.9. The Morgan fingerprint density at radius 2 is 2.17 bits per heavy atom. The molecule has 0 bridgehead atoms. The molecule has 0 atom stereocenters. The predicted octanol–water partition coefficient (Wildman–Crippen LogP) is 2.01. The lowest BCUT2D eigenvalue weighted by Gasteiger charge is -2.00.